The van der Waals surface area contributed by atoms with Gasteiger partial charge in [0.05, 0.1) is 22.0 Å². The van der Waals surface area contributed by atoms with E-state index in [0.717, 1.165) is 11.9 Å². The number of halogens is 3. The lowest BCUT2D eigenvalue weighted by molar-refractivity contribution is -0.0385. The number of alkyl halides is 2. The summed E-state index contributed by atoms with van der Waals surface area (Å²) in [6.45, 7) is 3.51. The van der Waals surface area contributed by atoms with Crippen molar-refractivity contribution in [1.82, 2.24) is 9.97 Å². The van der Waals surface area contributed by atoms with E-state index in [0.29, 0.717) is 38.3 Å². The normalized spacial score (nSPS) is 16.8. The molecule has 0 bridgehead atoms. The van der Waals surface area contributed by atoms with Gasteiger partial charge in [-0.3, -0.25) is 14.9 Å². The van der Waals surface area contributed by atoms with Gasteiger partial charge in [0.1, 0.15) is 5.03 Å². The molecule has 2 heterocycles. The van der Waals surface area contributed by atoms with E-state index in [-0.39, 0.29) is 37.5 Å². The molecule has 3 N–H and O–H groups in total. The first-order chi connectivity index (χ1) is 13.2. The van der Waals surface area contributed by atoms with Crippen molar-refractivity contribution in [1.29, 1.82) is 0 Å². The molecule has 1 amide bonds. The van der Waals surface area contributed by atoms with Gasteiger partial charge >= 0.3 is 0 Å². The molecule has 0 saturated heterocycles. The monoisotopic (exact) mass is 426 g/mol. The van der Waals surface area contributed by atoms with Crippen molar-refractivity contribution in [2.45, 2.75) is 56.4 Å². The Morgan fingerprint density at radius 2 is 2.04 bits per heavy atom. The smallest absolute Gasteiger partial charge is 0.257 e. The predicted octanol–water partition coefficient (Wildman–Crippen LogP) is 5.26. The summed E-state index contributed by atoms with van der Waals surface area (Å²) in [6.07, 6.45) is 1.70. The summed E-state index contributed by atoms with van der Waals surface area (Å²) >= 11 is 7.31. The second kappa shape index (κ2) is 8.31. The van der Waals surface area contributed by atoms with Gasteiger partial charge in [-0.15, -0.1) is 0 Å². The van der Waals surface area contributed by atoms with Crippen molar-refractivity contribution in [2.24, 2.45) is 5.14 Å². The van der Waals surface area contributed by atoms with E-state index in [2.05, 4.69) is 15.3 Å². The van der Waals surface area contributed by atoms with E-state index in [1.807, 2.05) is 0 Å². The van der Waals surface area contributed by atoms with Crippen LogP contribution in [0.4, 0.5) is 14.5 Å². The van der Waals surface area contributed by atoms with Crippen LogP contribution in [-0.2, 0) is 0 Å². The molecule has 1 aliphatic rings. The molecule has 0 atom stereocenters. The van der Waals surface area contributed by atoms with Crippen molar-refractivity contribution in [3.05, 3.63) is 45.9 Å². The Labute approximate surface area is 171 Å². The van der Waals surface area contributed by atoms with E-state index in [1.165, 1.54) is 0 Å². The second-order valence-corrected chi connectivity index (χ2v) is 8.01. The maximum Gasteiger partial charge on any atom is 0.257 e. The molecule has 1 aliphatic carbocycles. The Hall–Kier alpha value is -1.77. The first kappa shape index (κ1) is 21.0. The molecule has 0 aliphatic heterocycles. The van der Waals surface area contributed by atoms with Crippen LogP contribution in [0.1, 0.15) is 58.9 Å². The fourth-order valence-corrected chi connectivity index (χ4v) is 3.95. The third kappa shape index (κ3) is 4.45. The van der Waals surface area contributed by atoms with Gasteiger partial charge in [0.2, 0.25) is 5.92 Å². The minimum atomic E-state index is -2.65. The summed E-state index contributed by atoms with van der Waals surface area (Å²) in [4.78, 5) is 21.7. The van der Waals surface area contributed by atoms with Crippen molar-refractivity contribution in [3.63, 3.8) is 0 Å². The molecule has 2 aromatic heterocycles. The van der Waals surface area contributed by atoms with Crippen molar-refractivity contribution >= 4 is 35.1 Å². The SMILES string of the molecule is Cc1nc(C2CCC(F)(F)CC2)c(C(=O)Nc2ccnc(SN)c2)c(C)c1Cl. The van der Waals surface area contributed by atoms with E-state index in [4.69, 9.17) is 16.7 Å². The van der Waals surface area contributed by atoms with Crippen molar-refractivity contribution < 1.29 is 13.6 Å². The van der Waals surface area contributed by atoms with E-state index >= 15 is 0 Å². The van der Waals surface area contributed by atoms with Crippen LogP contribution in [0.15, 0.2) is 23.4 Å². The third-order valence-corrected chi connectivity index (χ3v) is 6.03. The highest BCUT2D eigenvalue weighted by atomic mass is 35.5. The Morgan fingerprint density at radius 3 is 2.68 bits per heavy atom. The quantitative estimate of drug-likeness (QED) is 0.652. The van der Waals surface area contributed by atoms with Gasteiger partial charge in [-0.25, -0.2) is 13.8 Å². The number of nitrogens with two attached hydrogens (primary N) is 1. The van der Waals surface area contributed by atoms with Gasteiger partial charge in [-0.2, -0.15) is 0 Å². The first-order valence-electron chi connectivity index (χ1n) is 8.90. The topological polar surface area (TPSA) is 80.9 Å². The zero-order valence-electron chi connectivity index (χ0n) is 15.6. The highest BCUT2D eigenvalue weighted by Gasteiger charge is 2.37. The number of hydrogen-bond donors (Lipinski definition) is 2. The molecule has 1 fully saturated rings. The zero-order chi connectivity index (χ0) is 20.5. The zero-order valence-corrected chi connectivity index (χ0v) is 17.1. The molecule has 3 rings (SSSR count). The number of nitrogens with zero attached hydrogens (tertiary/aromatic N) is 2. The number of anilines is 1. The summed E-state index contributed by atoms with van der Waals surface area (Å²) in [5.74, 6) is -3.23. The lowest BCUT2D eigenvalue weighted by Gasteiger charge is -2.29. The second-order valence-electron chi connectivity index (χ2n) is 6.98. The van der Waals surface area contributed by atoms with Gasteiger partial charge in [-0.05, 0) is 56.3 Å². The number of nitrogens with one attached hydrogen (secondary N) is 1. The van der Waals surface area contributed by atoms with Crippen LogP contribution < -0.4 is 10.5 Å². The molecule has 0 aromatic carbocycles. The number of aromatic nitrogens is 2. The highest BCUT2D eigenvalue weighted by Crippen LogP contribution is 2.42. The summed E-state index contributed by atoms with van der Waals surface area (Å²) in [5.41, 5.74) is 2.61. The number of amides is 1. The molecule has 1 saturated carbocycles. The largest absolute Gasteiger partial charge is 0.322 e. The average molecular weight is 427 g/mol. The molecule has 9 heteroatoms. The average Bonchev–Trinajstić information content (AvgIpc) is 2.66. The molecule has 0 radical (unpaired) electrons. The maximum atomic E-state index is 13.6. The molecule has 2 aromatic rings. The van der Waals surface area contributed by atoms with Gasteiger partial charge in [0.15, 0.2) is 0 Å². The summed E-state index contributed by atoms with van der Waals surface area (Å²) in [5, 5.41) is 9.30. The Kier molecular flexibility index (Phi) is 6.21. The molecule has 0 spiro atoms. The van der Waals surface area contributed by atoms with E-state index in [1.54, 1.807) is 32.2 Å². The lowest BCUT2D eigenvalue weighted by atomic mass is 9.82. The van der Waals surface area contributed by atoms with E-state index in [9.17, 15) is 13.6 Å². The molecule has 5 nitrogen and oxygen atoms in total. The Morgan fingerprint density at radius 1 is 1.36 bits per heavy atom. The van der Waals surface area contributed by atoms with Crippen molar-refractivity contribution in [2.75, 3.05) is 5.32 Å². The Balaban J connectivity index is 1.96. The van der Waals surface area contributed by atoms with Crippen LogP contribution in [0.5, 0.6) is 0 Å². The van der Waals surface area contributed by atoms with Gasteiger partial charge in [0, 0.05) is 30.6 Å². The third-order valence-electron chi connectivity index (χ3n) is 5.01. The summed E-state index contributed by atoms with van der Waals surface area (Å²) < 4.78 is 27.2. The number of carbonyl (C=O) groups is 1. The fourth-order valence-electron chi connectivity index (χ4n) is 3.50. The van der Waals surface area contributed by atoms with Crippen LogP contribution in [-0.4, -0.2) is 21.8 Å². The van der Waals surface area contributed by atoms with Crippen LogP contribution >= 0.6 is 23.5 Å². The fraction of sp³-hybridized carbons (Fsp3) is 0.421. The molecular formula is C19H21ClF2N4OS. The maximum absolute atomic E-state index is 13.6. The minimum absolute atomic E-state index is 0.206. The number of aryl methyl sites for hydroxylation is 1. The molecular weight excluding hydrogens is 406 g/mol. The van der Waals surface area contributed by atoms with Crippen LogP contribution in [0, 0.1) is 13.8 Å². The first-order valence-corrected chi connectivity index (χ1v) is 10.2. The van der Waals surface area contributed by atoms with E-state index < -0.39 is 5.92 Å². The number of rotatable bonds is 4. The van der Waals surface area contributed by atoms with Crippen molar-refractivity contribution in [3.8, 4) is 0 Å². The lowest BCUT2D eigenvalue weighted by Crippen LogP contribution is -2.26. The number of pyridine rings is 2. The standard InChI is InChI=1S/C19H21ClF2N4OS/c1-10-15(18(27)26-13-5-8-24-14(9-13)28-23)17(25-11(2)16(10)20)12-3-6-19(21,22)7-4-12/h5,8-9,12H,3-4,6-7,23H2,1-2H3,(H,24,26,27). The molecule has 150 valence electrons. The van der Waals surface area contributed by atoms with Crippen LogP contribution in [0.3, 0.4) is 0 Å². The summed E-state index contributed by atoms with van der Waals surface area (Å²) in [7, 11) is 0. The number of hydrogen-bond acceptors (Lipinski definition) is 5. The molecule has 28 heavy (non-hydrogen) atoms. The van der Waals surface area contributed by atoms with Crippen LogP contribution in [0.2, 0.25) is 5.02 Å². The Bertz CT molecular complexity index is 900. The highest BCUT2D eigenvalue weighted by molar-refractivity contribution is 7.97. The van der Waals surface area contributed by atoms with Crippen LogP contribution in [0.25, 0.3) is 0 Å². The number of carbonyl (C=O) groups excluding carboxylic acids is 1. The van der Waals surface area contributed by atoms with Gasteiger partial charge < -0.3 is 5.32 Å². The summed E-state index contributed by atoms with van der Waals surface area (Å²) in [6, 6.07) is 3.30. The van der Waals surface area contributed by atoms with Gasteiger partial charge in [0.25, 0.3) is 5.91 Å². The minimum Gasteiger partial charge on any atom is -0.322 e. The predicted molar refractivity (Wildman–Crippen MR) is 107 cm³/mol. The molecule has 0 unspecified atom stereocenters. The van der Waals surface area contributed by atoms with Gasteiger partial charge in [-0.1, -0.05) is 11.6 Å².